The van der Waals surface area contributed by atoms with E-state index in [1.54, 1.807) is 0 Å². The standard InChI is InChI=1S/C13H14O3S.Na/c1-9(2)13-8-11(17(14,15)16)7-10-5-3-4-6-12(10)13;/h3-9H,1-2H3,(H,14,15,16);/q;+1/p-1. The van der Waals surface area contributed by atoms with Gasteiger partial charge in [0.25, 0.3) is 0 Å². The van der Waals surface area contributed by atoms with Gasteiger partial charge in [0.05, 0.1) is 4.90 Å². The minimum absolute atomic E-state index is 0. The maximum atomic E-state index is 11.1. The normalized spacial score (nSPS) is 11.6. The van der Waals surface area contributed by atoms with Crippen LogP contribution in [0.2, 0.25) is 0 Å². The third-order valence-electron chi connectivity index (χ3n) is 2.78. The van der Waals surface area contributed by atoms with E-state index in [1.165, 1.54) is 12.1 Å². The van der Waals surface area contributed by atoms with Gasteiger partial charge in [0.2, 0.25) is 0 Å². The Bertz CT molecular complexity index is 663. The Morgan fingerprint density at radius 1 is 1.11 bits per heavy atom. The molecule has 0 aliphatic carbocycles. The first kappa shape index (κ1) is 15.7. The maximum absolute atomic E-state index is 11.1. The van der Waals surface area contributed by atoms with Crippen LogP contribution in [0, 0.1) is 0 Å². The number of hydrogen-bond acceptors (Lipinski definition) is 3. The molecule has 2 aromatic carbocycles. The van der Waals surface area contributed by atoms with Gasteiger partial charge in [-0.15, -0.1) is 0 Å². The Morgan fingerprint density at radius 2 is 1.72 bits per heavy atom. The molecule has 90 valence electrons. The molecular weight excluding hydrogens is 259 g/mol. The molecule has 18 heavy (non-hydrogen) atoms. The van der Waals surface area contributed by atoms with Crippen LogP contribution in [-0.4, -0.2) is 13.0 Å². The first-order valence-corrected chi connectivity index (χ1v) is 6.79. The topological polar surface area (TPSA) is 57.2 Å². The van der Waals surface area contributed by atoms with Gasteiger partial charge in [-0.25, -0.2) is 8.42 Å². The van der Waals surface area contributed by atoms with Crippen molar-refractivity contribution in [2.24, 2.45) is 0 Å². The molecule has 0 aliphatic heterocycles. The van der Waals surface area contributed by atoms with Crippen molar-refractivity contribution < 1.29 is 42.5 Å². The van der Waals surface area contributed by atoms with Crippen LogP contribution in [0.4, 0.5) is 0 Å². The number of fused-ring (bicyclic) bond motifs is 1. The summed E-state index contributed by atoms with van der Waals surface area (Å²) in [6.45, 7) is 3.95. The zero-order valence-electron chi connectivity index (χ0n) is 10.7. The fraction of sp³-hybridized carbons (Fsp3) is 0.231. The summed E-state index contributed by atoms with van der Waals surface area (Å²) in [6, 6.07) is 10.4. The van der Waals surface area contributed by atoms with Gasteiger partial charge >= 0.3 is 29.6 Å². The van der Waals surface area contributed by atoms with Crippen molar-refractivity contribution >= 4 is 20.9 Å². The molecule has 2 aromatic rings. The Morgan fingerprint density at radius 3 is 2.28 bits per heavy atom. The largest absolute Gasteiger partial charge is 1.00 e. The first-order chi connectivity index (χ1) is 7.89. The maximum Gasteiger partial charge on any atom is 1.00 e. The molecule has 0 aliphatic rings. The zero-order valence-corrected chi connectivity index (χ0v) is 13.5. The molecule has 0 bridgehead atoms. The summed E-state index contributed by atoms with van der Waals surface area (Å²) < 4.78 is 33.3. The molecule has 0 heterocycles. The molecule has 0 radical (unpaired) electrons. The second-order valence-electron chi connectivity index (χ2n) is 4.34. The van der Waals surface area contributed by atoms with Crippen molar-refractivity contribution in [2.45, 2.75) is 24.7 Å². The van der Waals surface area contributed by atoms with E-state index in [-0.39, 0.29) is 40.4 Å². The van der Waals surface area contributed by atoms with Crippen LogP contribution in [-0.2, 0) is 10.1 Å². The fourth-order valence-corrected chi connectivity index (χ4v) is 2.48. The van der Waals surface area contributed by atoms with Gasteiger partial charge in [-0.2, -0.15) is 0 Å². The van der Waals surface area contributed by atoms with E-state index in [1.807, 2.05) is 38.1 Å². The fourth-order valence-electron chi connectivity index (χ4n) is 1.93. The Kier molecular flexibility index (Phi) is 4.98. The van der Waals surface area contributed by atoms with Gasteiger partial charge in [-0.1, -0.05) is 38.1 Å². The van der Waals surface area contributed by atoms with Crippen LogP contribution in [0.3, 0.4) is 0 Å². The molecule has 2 rings (SSSR count). The van der Waals surface area contributed by atoms with Gasteiger partial charge < -0.3 is 4.55 Å². The van der Waals surface area contributed by atoms with E-state index < -0.39 is 10.1 Å². The van der Waals surface area contributed by atoms with Crippen LogP contribution in [0.5, 0.6) is 0 Å². The Balaban J connectivity index is 0.00000162. The van der Waals surface area contributed by atoms with Gasteiger partial charge in [0.1, 0.15) is 10.1 Å². The van der Waals surface area contributed by atoms with Crippen LogP contribution in [0.1, 0.15) is 25.3 Å². The monoisotopic (exact) mass is 272 g/mol. The molecule has 0 amide bonds. The molecule has 0 atom stereocenters. The van der Waals surface area contributed by atoms with Crippen molar-refractivity contribution in [3.8, 4) is 0 Å². The molecule has 0 spiro atoms. The number of benzene rings is 2. The third-order valence-corrected chi connectivity index (χ3v) is 3.59. The van der Waals surface area contributed by atoms with E-state index in [2.05, 4.69) is 0 Å². The second kappa shape index (κ2) is 5.72. The van der Waals surface area contributed by atoms with Crippen molar-refractivity contribution in [3.63, 3.8) is 0 Å². The molecule has 5 heteroatoms. The molecular formula is C13H13NaO3S. The minimum Gasteiger partial charge on any atom is -0.744 e. The Labute approximate surface area is 129 Å². The van der Waals surface area contributed by atoms with E-state index in [4.69, 9.17) is 0 Å². The summed E-state index contributed by atoms with van der Waals surface area (Å²) in [5, 5.41) is 1.78. The summed E-state index contributed by atoms with van der Waals surface area (Å²) in [4.78, 5) is -0.153. The number of hydrogen-bond donors (Lipinski definition) is 0. The van der Waals surface area contributed by atoms with Gasteiger partial charge in [0, 0.05) is 0 Å². The third kappa shape index (κ3) is 3.13. The average molecular weight is 272 g/mol. The van der Waals surface area contributed by atoms with E-state index in [0.717, 1.165) is 16.3 Å². The van der Waals surface area contributed by atoms with Crippen LogP contribution in [0.25, 0.3) is 10.8 Å². The van der Waals surface area contributed by atoms with Crippen molar-refractivity contribution in [1.29, 1.82) is 0 Å². The summed E-state index contributed by atoms with van der Waals surface area (Å²) in [6.07, 6.45) is 0. The summed E-state index contributed by atoms with van der Waals surface area (Å²) in [7, 11) is -4.40. The van der Waals surface area contributed by atoms with Crippen molar-refractivity contribution in [1.82, 2.24) is 0 Å². The zero-order chi connectivity index (χ0) is 12.6. The van der Waals surface area contributed by atoms with Crippen molar-refractivity contribution in [2.75, 3.05) is 0 Å². The molecule has 0 saturated carbocycles. The summed E-state index contributed by atoms with van der Waals surface area (Å²) in [5.41, 5.74) is 0.887. The predicted octanol–water partition coefficient (Wildman–Crippen LogP) is -0.129. The Hall–Kier alpha value is -0.390. The minimum atomic E-state index is -4.40. The molecule has 0 saturated heterocycles. The van der Waals surface area contributed by atoms with Crippen LogP contribution < -0.4 is 29.6 Å². The predicted molar refractivity (Wildman–Crippen MR) is 66.0 cm³/mol. The van der Waals surface area contributed by atoms with E-state index >= 15 is 0 Å². The smallest absolute Gasteiger partial charge is 0.744 e. The summed E-state index contributed by atoms with van der Waals surface area (Å²) in [5.74, 6) is 0.168. The van der Waals surface area contributed by atoms with Crippen LogP contribution >= 0.6 is 0 Å². The SMILES string of the molecule is CC(C)c1cc(S(=O)(=O)[O-])cc2ccccc12.[Na+]. The first-order valence-electron chi connectivity index (χ1n) is 5.38. The van der Waals surface area contributed by atoms with Crippen LogP contribution in [0.15, 0.2) is 41.3 Å². The van der Waals surface area contributed by atoms with E-state index in [0.29, 0.717) is 0 Å². The van der Waals surface area contributed by atoms with Crippen molar-refractivity contribution in [3.05, 3.63) is 42.0 Å². The summed E-state index contributed by atoms with van der Waals surface area (Å²) >= 11 is 0. The second-order valence-corrected chi connectivity index (χ2v) is 5.72. The van der Waals surface area contributed by atoms with Gasteiger partial charge in [-0.05, 0) is 34.4 Å². The van der Waals surface area contributed by atoms with E-state index in [9.17, 15) is 13.0 Å². The molecule has 0 aromatic heterocycles. The van der Waals surface area contributed by atoms with Gasteiger partial charge in [0.15, 0.2) is 0 Å². The molecule has 0 unspecified atom stereocenters. The molecule has 0 N–H and O–H groups in total. The molecule has 3 nitrogen and oxygen atoms in total. The number of rotatable bonds is 2. The average Bonchev–Trinajstić information content (AvgIpc) is 2.26. The molecule has 0 fully saturated rings. The van der Waals surface area contributed by atoms with Gasteiger partial charge in [-0.3, -0.25) is 0 Å². The quantitative estimate of drug-likeness (QED) is 0.565.